The maximum Gasteiger partial charge on any atom is 0.307 e. The summed E-state index contributed by atoms with van der Waals surface area (Å²) < 4.78 is 6.63. The lowest BCUT2D eigenvalue weighted by Gasteiger charge is -2.22. The minimum Gasteiger partial charge on any atom is -0.422 e. The summed E-state index contributed by atoms with van der Waals surface area (Å²) in [5.41, 5.74) is 8.22. The smallest absolute Gasteiger partial charge is 0.307 e. The van der Waals surface area contributed by atoms with Crippen molar-refractivity contribution in [3.63, 3.8) is 0 Å². The lowest BCUT2D eigenvalue weighted by Crippen LogP contribution is -2.10. The van der Waals surface area contributed by atoms with Crippen LogP contribution >= 0.6 is 0 Å². The summed E-state index contributed by atoms with van der Waals surface area (Å²) in [6, 6.07) is 60.3. The van der Waals surface area contributed by atoms with Gasteiger partial charge in [0.25, 0.3) is 0 Å². The van der Waals surface area contributed by atoms with Crippen LogP contribution in [0, 0.1) is 0 Å². The normalized spacial score (nSPS) is 11.5. The molecule has 0 aliphatic heterocycles. The van der Waals surface area contributed by atoms with Gasteiger partial charge in [-0.2, -0.15) is 4.98 Å². The predicted molar refractivity (Wildman–Crippen MR) is 192 cm³/mol. The van der Waals surface area contributed by atoms with Gasteiger partial charge in [0.15, 0.2) is 5.58 Å². The molecule has 0 saturated heterocycles. The molecule has 0 aliphatic rings. The van der Waals surface area contributed by atoms with E-state index in [-0.39, 0.29) is 0 Å². The molecule has 0 bridgehead atoms. The van der Waals surface area contributed by atoms with Crippen LogP contribution in [0.4, 0.5) is 17.4 Å². The van der Waals surface area contributed by atoms with Crippen LogP contribution in [0.15, 0.2) is 174 Å². The van der Waals surface area contributed by atoms with Gasteiger partial charge in [-0.05, 0) is 85.6 Å². The fourth-order valence-electron chi connectivity index (χ4n) is 6.65. The number of oxazole rings is 1. The quantitative estimate of drug-likeness (QED) is 0.187. The third kappa shape index (κ3) is 4.41. The molecule has 3 heteroatoms. The fourth-order valence-corrected chi connectivity index (χ4v) is 6.65. The molecule has 216 valence electrons. The number of nitrogens with zero attached hydrogens (tertiary/aromatic N) is 2. The van der Waals surface area contributed by atoms with Crippen molar-refractivity contribution < 1.29 is 4.42 Å². The number of benzene rings is 8. The summed E-state index contributed by atoms with van der Waals surface area (Å²) in [4.78, 5) is 7.15. The van der Waals surface area contributed by atoms with Crippen LogP contribution in [0.1, 0.15) is 0 Å². The molecule has 3 nitrogen and oxygen atoms in total. The first kappa shape index (κ1) is 26.2. The monoisotopic (exact) mass is 588 g/mol. The Kier molecular flexibility index (Phi) is 6.14. The third-order valence-corrected chi connectivity index (χ3v) is 8.88. The molecule has 0 atom stereocenters. The minimum atomic E-state index is 0.528. The lowest BCUT2D eigenvalue weighted by atomic mass is 9.93. The van der Waals surface area contributed by atoms with Crippen LogP contribution < -0.4 is 4.90 Å². The molecule has 0 spiro atoms. The van der Waals surface area contributed by atoms with E-state index in [4.69, 9.17) is 9.40 Å². The highest BCUT2D eigenvalue weighted by atomic mass is 16.4. The van der Waals surface area contributed by atoms with Gasteiger partial charge in [-0.25, -0.2) is 0 Å². The van der Waals surface area contributed by atoms with Gasteiger partial charge in [-0.1, -0.05) is 133 Å². The van der Waals surface area contributed by atoms with E-state index in [0.717, 1.165) is 49.9 Å². The average Bonchev–Trinajstić information content (AvgIpc) is 3.57. The van der Waals surface area contributed by atoms with E-state index in [1.165, 1.54) is 27.1 Å². The molecule has 8 aromatic carbocycles. The van der Waals surface area contributed by atoms with Crippen molar-refractivity contribution in [3.05, 3.63) is 170 Å². The van der Waals surface area contributed by atoms with Crippen LogP contribution in [0.5, 0.6) is 0 Å². The van der Waals surface area contributed by atoms with E-state index in [1.807, 2.05) is 24.3 Å². The molecular weight excluding hydrogens is 560 g/mol. The maximum absolute atomic E-state index is 6.63. The van der Waals surface area contributed by atoms with Crippen molar-refractivity contribution in [2.24, 2.45) is 0 Å². The topological polar surface area (TPSA) is 29.3 Å². The van der Waals surface area contributed by atoms with Crippen LogP contribution in [0.2, 0.25) is 0 Å². The van der Waals surface area contributed by atoms with Crippen molar-refractivity contribution in [2.75, 3.05) is 4.90 Å². The lowest BCUT2D eigenvalue weighted by molar-refractivity contribution is 0.611. The number of hydrogen-bond acceptors (Lipinski definition) is 3. The van der Waals surface area contributed by atoms with Gasteiger partial charge in [0.2, 0.25) is 0 Å². The van der Waals surface area contributed by atoms with Crippen molar-refractivity contribution in [3.8, 4) is 22.3 Å². The first-order valence-electron chi connectivity index (χ1n) is 15.5. The second kappa shape index (κ2) is 10.8. The zero-order valence-corrected chi connectivity index (χ0v) is 25.0. The fraction of sp³-hybridized carbons (Fsp3) is 0. The highest BCUT2D eigenvalue weighted by Gasteiger charge is 2.21. The van der Waals surface area contributed by atoms with Crippen LogP contribution in [0.3, 0.4) is 0 Å². The Balaban J connectivity index is 1.21. The number of hydrogen-bond donors (Lipinski definition) is 0. The van der Waals surface area contributed by atoms with E-state index in [1.54, 1.807) is 0 Å². The van der Waals surface area contributed by atoms with E-state index >= 15 is 0 Å². The largest absolute Gasteiger partial charge is 0.422 e. The molecule has 0 unspecified atom stereocenters. The first-order valence-corrected chi connectivity index (χ1v) is 15.5. The van der Waals surface area contributed by atoms with Crippen molar-refractivity contribution in [1.29, 1.82) is 0 Å². The van der Waals surface area contributed by atoms with E-state index in [2.05, 4.69) is 150 Å². The first-order chi connectivity index (χ1) is 22.8. The Bertz CT molecular complexity index is 2530. The molecule has 9 aromatic rings. The Morgan fingerprint density at radius 2 is 1.09 bits per heavy atom. The molecule has 1 heterocycles. The molecule has 0 aliphatic carbocycles. The van der Waals surface area contributed by atoms with Crippen molar-refractivity contribution in [2.45, 2.75) is 0 Å². The van der Waals surface area contributed by atoms with Crippen molar-refractivity contribution in [1.82, 2.24) is 4.98 Å². The zero-order chi connectivity index (χ0) is 30.5. The SMILES string of the molecule is c1ccc(-c2cccc(N(c3ccc(-c4cc5ccccc5c5ccccc45)cc3)c3nc4ccc5ccccc5c4o3)c2)cc1. The number of fused-ring (bicyclic) bond motifs is 6. The summed E-state index contributed by atoms with van der Waals surface area (Å²) >= 11 is 0. The summed E-state index contributed by atoms with van der Waals surface area (Å²) in [7, 11) is 0. The number of aromatic nitrogens is 1. The van der Waals surface area contributed by atoms with Crippen LogP contribution in [0.25, 0.3) is 65.7 Å². The Hall–Kier alpha value is -6.19. The van der Waals surface area contributed by atoms with Crippen molar-refractivity contribution >= 4 is 60.8 Å². The van der Waals surface area contributed by atoms with Gasteiger partial charge in [0.05, 0.1) is 11.4 Å². The number of anilines is 3. The molecule has 9 rings (SSSR count). The summed E-state index contributed by atoms with van der Waals surface area (Å²) in [5.74, 6) is 0. The second-order valence-corrected chi connectivity index (χ2v) is 11.6. The zero-order valence-electron chi connectivity index (χ0n) is 25.0. The van der Waals surface area contributed by atoms with Gasteiger partial charge in [-0.15, -0.1) is 0 Å². The van der Waals surface area contributed by atoms with Crippen LogP contribution in [-0.2, 0) is 0 Å². The number of rotatable bonds is 5. The van der Waals surface area contributed by atoms with Crippen LogP contribution in [-0.4, -0.2) is 4.98 Å². The second-order valence-electron chi connectivity index (χ2n) is 11.6. The molecule has 46 heavy (non-hydrogen) atoms. The highest BCUT2D eigenvalue weighted by Crippen LogP contribution is 2.41. The molecule has 0 saturated carbocycles. The van der Waals surface area contributed by atoms with Gasteiger partial charge in [0, 0.05) is 5.39 Å². The maximum atomic E-state index is 6.63. The Labute approximate surface area is 266 Å². The molecule has 1 aromatic heterocycles. The van der Waals surface area contributed by atoms with E-state index in [9.17, 15) is 0 Å². The molecule has 0 N–H and O–H groups in total. The minimum absolute atomic E-state index is 0.528. The molecule has 0 amide bonds. The standard InChI is InChI=1S/C43H28N2O/c1-2-11-29(12-3-1)32-15-10-16-35(27-32)45(43-44-41-26-23-30-13-4-7-18-37(30)42(41)46-43)34-24-21-31(22-25-34)40-28-33-14-5-6-17-36(33)38-19-8-9-20-39(38)40/h1-28H. The molecule has 0 radical (unpaired) electrons. The van der Waals surface area contributed by atoms with E-state index in [0.29, 0.717) is 6.01 Å². The highest BCUT2D eigenvalue weighted by molar-refractivity contribution is 6.13. The average molecular weight is 589 g/mol. The molecule has 0 fully saturated rings. The summed E-state index contributed by atoms with van der Waals surface area (Å²) in [6.45, 7) is 0. The summed E-state index contributed by atoms with van der Waals surface area (Å²) in [5, 5.41) is 7.19. The van der Waals surface area contributed by atoms with E-state index < -0.39 is 0 Å². The van der Waals surface area contributed by atoms with Gasteiger partial charge in [0.1, 0.15) is 5.52 Å². The molecular formula is C43H28N2O. The Morgan fingerprint density at radius 3 is 1.91 bits per heavy atom. The third-order valence-electron chi connectivity index (χ3n) is 8.88. The summed E-state index contributed by atoms with van der Waals surface area (Å²) in [6.07, 6.45) is 0. The Morgan fingerprint density at radius 1 is 0.413 bits per heavy atom. The predicted octanol–water partition coefficient (Wildman–Crippen LogP) is 12.1. The van der Waals surface area contributed by atoms with Gasteiger partial charge in [-0.3, -0.25) is 4.90 Å². The van der Waals surface area contributed by atoms with Gasteiger partial charge < -0.3 is 4.42 Å². The van der Waals surface area contributed by atoms with Gasteiger partial charge >= 0.3 is 6.01 Å².